The molecule has 0 rings (SSSR count). The van der Waals surface area contributed by atoms with E-state index in [4.69, 9.17) is 10.8 Å². The van der Waals surface area contributed by atoms with Crippen LogP contribution in [-0.2, 0) is 4.79 Å². The molecule has 0 aromatic heterocycles. The van der Waals surface area contributed by atoms with Crippen LogP contribution in [0.25, 0.3) is 0 Å². The topological polar surface area (TPSA) is 92.4 Å². The highest BCUT2D eigenvalue weighted by Gasteiger charge is 2.18. The van der Waals surface area contributed by atoms with E-state index in [0.717, 1.165) is 0 Å². The van der Waals surface area contributed by atoms with Crippen LogP contribution in [0, 0.1) is 5.92 Å². The van der Waals surface area contributed by atoms with E-state index in [1.165, 1.54) is 0 Å². The highest BCUT2D eigenvalue weighted by atomic mass is 16.4. The molecule has 0 aliphatic heterocycles. The smallest absolute Gasteiger partial charge is 0.405 e. The van der Waals surface area contributed by atoms with E-state index in [9.17, 15) is 9.59 Å². The largest absolute Gasteiger partial charge is 0.465 e. The maximum atomic E-state index is 10.7. The molecule has 0 aromatic carbocycles. The molecule has 0 aliphatic rings. The van der Waals surface area contributed by atoms with Crippen LogP contribution in [0.2, 0.25) is 0 Å². The molecule has 0 saturated heterocycles. The number of amides is 2. The number of hydrogen-bond donors (Lipinski definition) is 3. The first-order chi connectivity index (χ1) is 5.43. The Balaban J connectivity index is 4.04. The summed E-state index contributed by atoms with van der Waals surface area (Å²) in [5, 5.41) is 10.4. The van der Waals surface area contributed by atoms with Crippen LogP contribution < -0.4 is 11.1 Å². The first kappa shape index (κ1) is 10.7. The first-order valence-corrected chi connectivity index (χ1v) is 3.72. The molecule has 70 valence electrons. The summed E-state index contributed by atoms with van der Waals surface area (Å²) in [5.41, 5.74) is 4.97. The predicted octanol–water partition coefficient (Wildman–Crippen LogP) is 0.154. The summed E-state index contributed by atoms with van der Waals surface area (Å²) >= 11 is 0. The lowest BCUT2D eigenvalue weighted by Gasteiger charge is -2.14. The normalized spacial score (nSPS) is 12.6. The number of nitrogens with two attached hydrogens (primary N) is 1. The van der Waals surface area contributed by atoms with Crippen LogP contribution in [0.1, 0.15) is 20.3 Å². The molecule has 0 bridgehead atoms. The molecule has 1 atom stereocenters. The number of carboxylic acid groups (broad SMARTS) is 1. The fourth-order valence-corrected chi connectivity index (χ4v) is 0.867. The Morgan fingerprint density at radius 1 is 1.50 bits per heavy atom. The fraction of sp³-hybridized carbons (Fsp3) is 0.714. The van der Waals surface area contributed by atoms with Crippen LogP contribution in [0.15, 0.2) is 0 Å². The van der Waals surface area contributed by atoms with Gasteiger partial charge in [-0.15, -0.1) is 0 Å². The highest BCUT2D eigenvalue weighted by molar-refractivity contribution is 5.83. The van der Waals surface area contributed by atoms with Gasteiger partial charge in [-0.2, -0.15) is 0 Å². The summed E-state index contributed by atoms with van der Waals surface area (Å²) in [6.07, 6.45) is -0.791. The molecule has 0 heterocycles. The van der Waals surface area contributed by atoms with Gasteiger partial charge in [0, 0.05) is 0 Å². The van der Waals surface area contributed by atoms with E-state index in [1.807, 2.05) is 13.8 Å². The Kier molecular flexibility index (Phi) is 4.10. The molecule has 0 spiro atoms. The van der Waals surface area contributed by atoms with E-state index in [2.05, 4.69) is 5.32 Å². The Morgan fingerprint density at radius 2 is 2.00 bits per heavy atom. The third-order valence-corrected chi connectivity index (χ3v) is 1.35. The number of hydrogen-bond acceptors (Lipinski definition) is 2. The van der Waals surface area contributed by atoms with E-state index < -0.39 is 18.0 Å². The Labute approximate surface area is 70.9 Å². The second-order valence-electron chi connectivity index (χ2n) is 3.03. The van der Waals surface area contributed by atoms with E-state index in [-0.39, 0.29) is 5.92 Å². The maximum absolute atomic E-state index is 10.7. The number of carbonyl (C=O) groups is 2. The summed E-state index contributed by atoms with van der Waals surface area (Å²) in [6.45, 7) is 3.78. The quantitative estimate of drug-likeness (QED) is 0.566. The average Bonchev–Trinajstić information content (AvgIpc) is 1.83. The SMILES string of the molecule is CC(C)CC(NC(=O)O)C(N)=O. The van der Waals surface area contributed by atoms with E-state index in [0.29, 0.717) is 6.42 Å². The van der Waals surface area contributed by atoms with Gasteiger partial charge in [0.1, 0.15) is 6.04 Å². The van der Waals surface area contributed by atoms with Crippen molar-refractivity contribution < 1.29 is 14.7 Å². The van der Waals surface area contributed by atoms with Crippen molar-refractivity contribution in [2.75, 3.05) is 0 Å². The van der Waals surface area contributed by atoms with Crippen LogP contribution in [0.5, 0.6) is 0 Å². The van der Waals surface area contributed by atoms with Crippen LogP contribution >= 0.6 is 0 Å². The lowest BCUT2D eigenvalue weighted by atomic mass is 10.0. The molecule has 4 N–H and O–H groups in total. The molecule has 0 fully saturated rings. The van der Waals surface area contributed by atoms with Crippen molar-refractivity contribution in [2.45, 2.75) is 26.3 Å². The van der Waals surface area contributed by atoms with Gasteiger partial charge in [-0.05, 0) is 12.3 Å². The zero-order chi connectivity index (χ0) is 9.72. The average molecular weight is 174 g/mol. The molecule has 1 unspecified atom stereocenters. The van der Waals surface area contributed by atoms with Crippen molar-refractivity contribution in [3.63, 3.8) is 0 Å². The first-order valence-electron chi connectivity index (χ1n) is 3.72. The van der Waals surface area contributed by atoms with Crippen molar-refractivity contribution in [1.29, 1.82) is 0 Å². The van der Waals surface area contributed by atoms with Crippen molar-refractivity contribution in [2.24, 2.45) is 11.7 Å². The molecule has 2 amide bonds. The summed E-state index contributed by atoms with van der Waals surface area (Å²) < 4.78 is 0. The minimum Gasteiger partial charge on any atom is -0.465 e. The molecule has 0 radical (unpaired) electrons. The zero-order valence-corrected chi connectivity index (χ0v) is 7.20. The Morgan fingerprint density at radius 3 is 2.25 bits per heavy atom. The predicted molar refractivity (Wildman–Crippen MR) is 43.6 cm³/mol. The fourth-order valence-electron chi connectivity index (χ4n) is 0.867. The Hall–Kier alpha value is -1.26. The van der Waals surface area contributed by atoms with Gasteiger partial charge in [0.05, 0.1) is 0 Å². The van der Waals surface area contributed by atoms with Crippen LogP contribution in [-0.4, -0.2) is 23.1 Å². The molecule has 0 saturated carbocycles. The van der Waals surface area contributed by atoms with Crippen molar-refractivity contribution in [3.05, 3.63) is 0 Å². The number of rotatable bonds is 4. The van der Waals surface area contributed by atoms with E-state index in [1.54, 1.807) is 0 Å². The zero-order valence-electron chi connectivity index (χ0n) is 7.20. The van der Waals surface area contributed by atoms with Crippen molar-refractivity contribution >= 4 is 12.0 Å². The van der Waals surface area contributed by atoms with Gasteiger partial charge in [0.15, 0.2) is 0 Å². The Bertz CT molecular complexity index is 179. The standard InChI is InChI=1S/C7H14N2O3/c1-4(2)3-5(6(8)10)9-7(11)12/h4-5,9H,3H2,1-2H3,(H2,8,10)(H,11,12). The summed E-state index contributed by atoms with van der Waals surface area (Å²) in [4.78, 5) is 20.8. The summed E-state index contributed by atoms with van der Waals surface area (Å²) in [5.74, 6) is -0.402. The monoisotopic (exact) mass is 174 g/mol. The highest BCUT2D eigenvalue weighted by Crippen LogP contribution is 2.03. The second-order valence-corrected chi connectivity index (χ2v) is 3.03. The van der Waals surface area contributed by atoms with Gasteiger partial charge in [-0.3, -0.25) is 4.79 Å². The minimum absolute atomic E-state index is 0.231. The van der Waals surface area contributed by atoms with Crippen molar-refractivity contribution in [1.82, 2.24) is 5.32 Å². The van der Waals surface area contributed by atoms with Gasteiger partial charge < -0.3 is 16.2 Å². The van der Waals surface area contributed by atoms with Crippen LogP contribution in [0.4, 0.5) is 4.79 Å². The third kappa shape index (κ3) is 4.54. The lowest BCUT2D eigenvalue weighted by Crippen LogP contribution is -2.44. The molecular weight excluding hydrogens is 160 g/mol. The molecule has 5 nitrogen and oxygen atoms in total. The van der Waals surface area contributed by atoms with Gasteiger partial charge in [0.2, 0.25) is 5.91 Å². The van der Waals surface area contributed by atoms with Crippen LogP contribution in [0.3, 0.4) is 0 Å². The van der Waals surface area contributed by atoms with Gasteiger partial charge in [-0.1, -0.05) is 13.8 Å². The van der Waals surface area contributed by atoms with Crippen molar-refractivity contribution in [3.8, 4) is 0 Å². The van der Waals surface area contributed by atoms with E-state index >= 15 is 0 Å². The molecule has 0 aromatic rings. The lowest BCUT2D eigenvalue weighted by molar-refractivity contribution is -0.120. The molecule has 5 heteroatoms. The molecule has 12 heavy (non-hydrogen) atoms. The molecule has 0 aliphatic carbocycles. The number of primary amides is 1. The number of carbonyl (C=O) groups excluding carboxylic acids is 1. The van der Waals surface area contributed by atoms with Gasteiger partial charge in [0.25, 0.3) is 0 Å². The third-order valence-electron chi connectivity index (χ3n) is 1.35. The summed E-state index contributed by atoms with van der Waals surface area (Å²) in [6, 6.07) is -0.775. The maximum Gasteiger partial charge on any atom is 0.405 e. The van der Waals surface area contributed by atoms with Gasteiger partial charge >= 0.3 is 6.09 Å². The molecular formula is C7H14N2O3. The van der Waals surface area contributed by atoms with Gasteiger partial charge in [-0.25, -0.2) is 4.79 Å². The number of nitrogens with one attached hydrogen (secondary N) is 1. The summed E-state index contributed by atoms with van der Waals surface area (Å²) in [7, 11) is 0. The second kappa shape index (κ2) is 4.58. The minimum atomic E-state index is -1.22.